The fourth-order valence-electron chi connectivity index (χ4n) is 2.01. The molecule has 7 heteroatoms. The zero-order chi connectivity index (χ0) is 16.3. The van der Waals surface area contributed by atoms with Crippen LogP contribution < -0.4 is 14.8 Å². The fourth-order valence-corrected chi connectivity index (χ4v) is 2.01. The molecule has 0 unspecified atom stereocenters. The second-order valence-corrected chi connectivity index (χ2v) is 4.62. The van der Waals surface area contributed by atoms with E-state index in [0.717, 1.165) is 0 Å². The van der Waals surface area contributed by atoms with Gasteiger partial charge in [-0.1, -0.05) is 0 Å². The minimum atomic E-state index is -0.434. The van der Waals surface area contributed by atoms with E-state index in [4.69, 9.17) is 9.47 Å². The lowest BCUT2D eigenvalue weighted by atomic mass is 10.1. The minimum absolute atomic E-state index is 0.200. The van der Waals surface area contributed by atoms with Crippen LogP contribution in [0.5, 0.6) is 11.5 Å². The molecule has 1 aromatic carbocycles. The van der Waals surface area contributed by atoms with Crippen LogP contribution in [0.4, 0.5) is 0 Å². The van der Waals surface area contributed by atoms with E-state index in [9.17, 15) is 9.59 Å². The molecule has 1 aliphatic heterocycles. The van der Waals surface area contributed by atoms with Gasteiger partial charge >= 0.3 is 0 Å². The van der Waals surface area contributed by atoms with Crippen molar-refractivity contribution in [1.29, 1.82) is 0 Å². The van der Waals surface area contributed by atoms with Crippen LogP contribution in [-0.4, -0.2) is 43.9 Å². The summed E-state index contributed by atoms with van der Waals surface area (Å²) in [6, 6.07) is 5.27. The van der Waals surface area contributed by atoms with Crippen LogP contribution in [0.25, 0.3) is 6.08 Å². The van der Waals surface area contributed by atoms with Crippen molar-refractivity contribution in [2.24, 2.45) is 4.99 Å². The molecule has 1 N–H and O–H groups in total. The van der Waals surface area contributed by atoms with Gasteiger partial charge in [0.15, 0.2) is 0 Å². The molecule has 0 saturated heterocycles. The number of methoxy groups -OCH3 is 2. The lowest BCUT2D eigenvalue weighted by Crippen LogP contribution is -2.37. The maximum atomic E-state index is 12.0. The summed E-state index contributed by atoms with van der Waals surface area (Å²) < 4.78 is 10.5. The van der Waals surface area contributed by atoms with Crippen molar-refractivity contribution in [3.8, 4) is 11.5 Å². The van der Waals surface area contributed by atoms with Gasteiger partial charge in [0, 0.05) is 19.5 Å². The fraction of sp³-hybridized carbons (Fsp3) is 0.267. The first-order chi connectivity index (χ1) is 10.5. The summed E-state index contributed by atoms with van der Waals surface area (Å²) >= 11 is 0. The Kier molecular flexibility index (Phi) is 4.45. The first-order valence-electron chi connectivity index (χ1n) is 6.54. The van der Waals surface area contributed by atoms with Gasteiger partial charge in [0.05, 0.1) is 14.2 Å². The van der Waals surface area contributed by atoms with E-state index in [1.807, 2.05) is 0 Å². The molecule has 1 aromatic rings. The van der Waals surface area contributed by atoms with E-state index in [1.54, 1.807) is 45.5 Å². The standard InChI is InChI=1S/C15H17N3O4/c1-9(19)16-15-17-14(20)12(18(15)2)8-10-7-11(21-3)5-6-13(10)22-4/h5-8H,1-4H3,(H,16,17,19,20)/b12-8-. The molecule has 1 aliphatic rings. The summed E-state index contributed by atoms with van der Waals surface area (Å²) in [5.74, 6) is 0.714. The zero-order valence-corrected chi connectivity index (χ0v) is 12.8. The van der Waals surface area contributed by atoms with Crippen LogP contribution in [0.3, 0.4) is 0 Å². The third-order valence-electron chi connectivity index (χ3n) is 3.12. The van der Waals surface area contributed by atoms with Crippen molar-refractivity contribution in [3.05, 3.63) is 29.5 Å². The van der Waals surface area contributed by atoms with E-state index in [-0.39, 0.29) is 11.9 Å². The number of nitrogens with zero attached hydrogens (tertiary/aromatic N) is 2. The Morgan fingerprint density at radius 3 is 2.64 bits per heavy atom. The van der Waals surface area contributed by atoms with Gasteiger partial charge in [0.2, 0.25) is 11.9 Å². The molecule has 0 bridgehead atoms. The normalized spacial score (nSPS) is 15.8. The first kappa shape index (κ1) is 15.6. The van der Waals surface area contributed by atoms with Gasteiger partial charge in [-0.15, -0.1) is 0 Å². The third kappa shape index (κ3) is 3.08. The molecule has 22 heavy (non-hydrogen) atoms. The molecule has 0 aromatic heterocycles. The van der Waals surface area contributed by atoms with Crippen molar-refractivity contribution >= 4 is 23.8 Å². The molecule has 0 atom stereocenters. The molecule has 0 radical (unpaired) electrons. The Bertz CT molecular complexity index is 679. The summed E-state index contributed by atoms with van der Waals surface area (Å²) in [6.45, 7) is 1.35. The van der Waals surface area contributed by atoms with E-state index in [0.29, 0.717) is 22.8 Å². The highest BCUT2D eigenvalue weighted by atomic mass is 16.5. The van der Waals surface area contributed by atoms with Crippen LogP contribution >= 0.6 is 0 Å². The maximum absolute atomic E-state index is 12.0. The number of aliphatic imine (C=N–C) groups is 1. The van der Waals surface area contributed by atoms with Crippen LogP contribution in [0, 0.1) is 0 Å². The average Bonchev–Trinajstić information content (AvgIpc) is 2.74. The van der Waals surface area contributed by atoms with Gasteiger partial charge in [-0.25, -0.2) is 0 Å². The Morgan fingerprint density at radius 1 is 1.32 bits per heavy atom. The van der Waals surface area contributed by atoms with Crippen LogP contribution in [0.1, 0.15) is 12.5 Å². The highest BCUT2D eigenvalue weighted by Crippen LogP contribution is 2.27. The smallest absolute Gasteiger partial charge is 0.296 e. The van der Waals surface area contributed by atoms with E-state index in [2.05, 4.69) is 10.3 Å². The number of amides is 2. The van der Waals surface area contributed by atoms with Crippen molar-refractivity contribution in [1.82, 2.24) is 10.2 Å². The number of guanidine groups is 1. The topological polar surface area (TPSA) is 80.2 Å². The monoisotopic (exact) mass is 303 g/mol. The lowest BCUT2D eigenvalue weighted by molar-refractivity contribution is -0.117. The molecule has 0 saturated carbocycles. The predicted octanol–water partition coefficient (Wildman–Crippen LogP) is 1.01. The second-order valence-electron chi connectivity index (χ2n) is 4.62. The second kappa shape index (κ2) is 6.30. The predicted molar refractivity (Wildman–Crippen MR) is 81.5 cm³/mol. The molecule has 0 aliphatic carbocycles. The Balaban J connectivity index is 2.38. The molecule has 2 rings (SSSR count). The molecular weight excluding hydrogens is 286 g/mol. The summed E-state index contributed by atoms with van der Waals surface area (Å²) in [7, 11) is 4.75. The molecular formula is C15H17N3O4. The highest BCUT2D eigenvalue weighted by molar-refractivity contribution is 6.15. The minimum Gasteiger partial charge on any atom is -0.497 e. The zero-order valence-electron chi connectivity index (χ0n) is 12.8. The molecule has 7 nitrogen and oxygen atoms in total. The average molecular weight is 303 g/mol. The Morgan fingerprint density at radius 2 is 2.05 bits per heavy atom. The van der Waals surface area contributed by atoms with Crippen LogP contribution in [-0.2, 0) is 9.59 Å². The number of hydrogen-bond donors (Lipinski definition) is 1. The van der Waals surface area contributed by atoms with Gasteiger partial charge in [0.1, 0.15) is 17.2 Å². The van der Waals surface area contributed by atoms with Crippen molar-refractivity contribution in [2.45, 2.75) is 6.92 Å². The summed E-state index contributed by atoms with van der Waals surface area (Å²) in [5.41, 5.74) is 1.01. The number of rotatable bonds is 3. The quantitative estimate of drug-likeness (QED) is 0.843. The maximum Gasteiger partial charge on any atom is 0.296 e. The summed E-state index contributed by atoms with van der Waals surface area (Å²) in [6.07, 6.45) is 1.64. The van der Waals surface area contributed by atoms with Gasteiger partial charge in [-0.2, -0.15) is 4.99 Å². The van der Waals surface area contributed by atoms with Crippen molar-refractivity contribution in [2.75, 3.05) is 21.3 Å². The molecule has 0 spiro atoms. The molecule has 2 amide bonds. The van der Waals surface area contributed by atoms with Crippen molar-refractivity contribution in [3.63, 3.8) is 0 Å². The van der Waals surface area contributed by atoms with Gasteiger partial charge < -0.3 is 14.4 Å². The van der Waals surface area contributed by atoms with E-state index < -0.39 is 5.91 Å². The number of carbonyl (C=O) groups excluding carboxylic acids is 2. The molecule has 0 fully saturated rings. The van der Waals surface area contributed by atoms with E-state index >= 15 is 0 Å². The lowest BCUT2D eigenvalue weighted by Gasteiger charge is -2.15. The van der Waals surface area contributed by atoms with Crippen LogP contribution in [0.2, 0.25) is 0 Å². The highest BCUT2D eigenvalue weighted by Gasteiger charge is 2.27. The molecule has 116 valence electrons. The number of ether oxygens (including phenoxy) is 2. The van der Waals surface area contributed by atoms with Crippen LogP contribution in [0.15, 0.2) is 28.9 Å². The molecule has 1 heterocycles. The number of likely N-dealkylation sites (N-methyl/N-ethyl adjacent to an activating group) is 1. The SMILES string of the molecule is COc1ccc(OC)c(/C=C2/C(=O)N=C(NC(C)=O)N2C)c1. The summed E-state index contributed by atoms with van der Waals surface area (Å²) in [4.78, 5) is 28.5. The Hall–Kier alpha value is -2.83. The Labute approximate surface area is 128 Å². The number of benzene rings is 1. The van der Waals surface area contributed by atoms with Gasteiger partial charge in [-0.05, 0) is 24.3 Å². The largest absolute Gasteiger partial charge is 0.497 e. The van der Waals surface area contributed by atoms with E-state index in [1.165, 1.54) is 11.8 Å². The van der Waals surface area contributed by atoms with Crippen molar-refractivity contribution < 1.29 is 19.1 Å². The summed E-state index contributed by atoms with van der Waals surface area (Å²) in [5, 5.41) is 2.51. The number of nitrogens with one attached hydrogen (secondary N) is 1. The first-order valence-corrected chi connectivity index (χ1v) is 6.54. The number of carbonyl (C=O) groups is 2. The number of hydrogen-bond acceptors (Lipinski definition) is 5. The third-order valence-corrected chi connectivity index (χ3v) is 3.12. The van der Waals surface area contributed by atoms with Gasteiger partial charge in [-0.3, -0.25) is 14.9 Å². The van der Waals surface area contributed by atoms with Gasteiger partial charge in [0.25, 0.3) is 5.91 Å².